The number of carbonyl (C=O) groups excluding carboxylic acids is 1. The molecule has 0 aliphatic rings. The fraction of sp³-hybridized carbons (Fsp3) is 0.250. The number of aliphatic hydroxyl groups excluding tert-OH is 1. The Morgan fingerprint density at radius 2 is 1.70 bits per heavy atom. The zero-order chi connectivity index (χ0) is 28.5. The maximum Gasteiger partial charge on any atom is 0.261 e. The second kappa shape index (κ2) is 13.5. The first kappa shape index (κ1) is 28.5. The first-order valence-corrected chi connectivity index (χ1v) is 12.3. The quantitative estimate of drug-likeness (QED) is 0.207. The highest BCUT2D eigenvalue weighted by molar-refractivity contribution is 6.06. The van der Waals surface area contributed by atoms with E-state index in [-0.39, 0.29) is 29.4 Å². The average Bonchev–Trinajstić information content (AvgIpc) is 2.96. The normalized spacial score (nSPS) is 10.8. The van der Waals surface area contributed by atoms with E-state index in [0.717, 1.165) is 12.1 Å². The number of hydrogen-bond donors (Lipinski definition) is 3. The number of methoxy groups -OCH3 is 2. The van der Waals surface area contributed by atoms with Gasteiger partial charge in [0.2, 0.25) is 0 Å². The van der Waals surface area contributed by atoms with E-state index in [1.807, 2.05) is 0 Å². The molecule has 0 spiro atoms. The predicted molar refractivity (Wildman–Crippen MR) is 144 cm³/mol. The van der Waals surface area contributed by atoms with Gasteiger partial charge in [0.05, 0.1) is 38.5 Å². The Morgan fingerprint density at radius 3 is 2.42 bits per heavy atom. The molecule has 0 saturated carbocycles. The standard InChI is InChI=1S/C28H28F2N4O6/c1-37-23-4-7-32-16-19(23)28(36)34-17-12-20(29)27(21(30)13-17)40-24-5-8-33-22-15-26(25(38-2)14-18(22)24)39-11-3-6-31-9-10-35/h4-5,7-8,12-16,31,35H,3,6,9-11H2,1-2H3,(H,34,36). The van der Waals surface area contributed by atoms with Crippen LogP contribution in [0.2, 0.25) is 0 Å². The van der Waals surface area contributed by atoms with Crippen LogP contribution in [0.5, 0.6) is 28.7 Å². The SMILES string of the molecule is COc1cc2c(Oc3c(F)cc(NC(=O)c4cnccc4OC)cc3F)ccnc2cc1OCCCNCCO. The van der Waals surface area contributed by atoms with E-state index in [2.05, 4.69) is 20.6 Å². The van der Waals surface area contributed by atoms with Crippen molar-refractivity contribution in [2.75, 3.05) is 45.8 Å². The minimum atomic E-state index is -1.03. The molecular weight excluding hydrogens is 526 g/mol. The largest absolute Gasteiger partial charge is 0.496 e. The Labute approximate surface area is 228 Å². The van der Waals surface area contributed by atoms with Crippen molar-refractivity contribution in [3.8, 4) is 28.7 Å². The maximum atomic E-state index is 15.0. The summed E-state index contributed by atoms with van der Waals surface area (Å²) in [6, 6.07) is 8.13. The molecule has 0 bridgehead atoms. The van der Waals surface area contributed by atoms with Gasteiger partial charge in [-0.05, 0) is 31.2 Å². The molecule has 0 saturated heterocycles. The fourth-order valence-electron chi connectivity index (χ4n) is 3.84. The molecule has 2 aromatic heterocycles. The number of pyridine rings is 2. The third kappa shape index (κ3) is 6.71. The van der Waals surface area contributed by atoms with E-state index >= 15 is 8.78 Å². The second-order valence-electron chi connectivity index (χ2n) is 8.41. The van der Waals surface area contributed by atoms with Crippen molar-refractivity contribution in [2.45, 2.75) is 6.42 Å². The van der Waals surface area contributed by atoms with Crippen LogP contribution in [0, 0.1) is 11.6 Å². The molecule has 4 rings (SSSR count). The molecule has 2 aromatic carbocycles. The molecule has 1 amide bonds. The van der Waals surface area contributed by atoms with E-state index in [9.17, 15) is 4.79 Å². The maximum absolute atomic E-state index is 15.0. The lowest BCUT2D eigenvalue weighted by atomic mass is 10.1. The molecule has 0 unspecified atom stereocenters. The number of halogens is 2. The van der Waals surface area contributed by atoms with E-state index in [0.29, 0.717) is 48.5 Å². The number of nitrogens with one attached hydrogen (secondary N) is 2. The Hall–Kier alpha value is -4.55. The lowest BCUT2D eigenvalue weighted by molar-refractivity contribution is 0.102. The van der Waals surface area contributed by atoms with Crippen molar-refractivity contribution in [1.82, 2.24) is 15.3 Å². The smallest absolute Gasteiger partial charge is 0.261 e. The molecule has 0 atom stereocenters. The summed E-state index contributed by atoms with van der Waals surface area (Å²) in [6.07, 6.45) is 4.88. The minimum Gasteiger partial charge on any atom is -0.496 e. The van der Waals surface area contributed by atoms with Crippen molar-refractivity contribution in [1.29, 1.82) is 0 Å². The summed E-state index contributed by atoms with van der Waals surface area (Å²) in [6.45, 7) is 1.63. The molecule has 0 aliphatic heterocycles. The predicted octanol–water partition coefficient (Wildman–Crippen LogP) is 4.32. The van der Waals surface area contributed by atoms with Gasteiger partial charge in [-0.2, -0.15) is 0 Å². The number of rotatable bonds is 13. The Kier molecular flexibility index (Phi) is 9.60. The molecule has 0 fully saturated rings. The number of benzene rings is 2. The monoisotopic (exact) mass is 554 g/mol. The summed E-state index contributed by atoms with van der Waals surface area (Å²) < 4.78 is 52.1. The molecular formula is C28H28F2N4O6. The third-order valence-corrected chi connectivity index (χ3v) is 5.74. The number of anilines is 1. The fourth-order valence-corrected chi connectivity index (χ4v) is 3.84. The molecule has 0 radical (unpaired) electrons. The summed E-state index contributed by atoms with van der Waals surface area (Å²) >= 11 is 0. The number of carbonyl (C=O) groups is 1. The number of nitrogens with zero attached hydrogens (tertiary/aromatic N) is 2. The summed E-state index contributed by atoms with van der Waals surface area (Å²) in [5, 5.41) is 14.8. The highest BCUT2D eigenvalue weighted by Crippen LogP contribution is 2.38. The van der Waals surface area contributed by atoms with Crippen LogP contribution in [0.3, 0.4) is 0 Å². The summed E-state index contributed by atoms with van der Waals surface area (Å²) in [5.74, 6) is -2.12. The van der Waals surface area contributed by atoms with Crippen LogP contribution in [-0.2, 0) is 0 Å². The third-order valence-electron chi connectivity index (χ3n) is 5.74. The van der Waals surface area contributed by atoms with E-state index in [1.165, 1.54) is 44.9 Å². The highest BCUT2D eigenvalue weighted by Gasteiger charge is 2.19. The summed E-state index contributed by atoms with van der Waals surface area (Å²) in [4.78, 5) is 20.8. The van der Waals surface area contributed by atoms with Gasteiger partial charge < -0.3 is 34.7 Å². The van der Waals surface area contributed by atoms with Crippen LogP contribution in [0.15, 0.2) is 55.0 Å². The van der Waals surface area contributed by atoms with Crippen molar-refractivity contribution < 1.29 is 37.6 Å². The van der Waals surface area contributed by atoms with E-state index in [1.54, 1.807) is 12.1 Å². The van der Waals surface area contributed by atoms with Crippen LogP contribution < -0.4 is 29.6 Å². The van der Waals surface area contributed by atoms with Crippen LogP contribution in [0.1, 0.15) is 16.8 Å². The second-order valence-corrected chi connectivity index (χ2v) is 8.41. The number of fused-ring (bicyclic) bond motifs is 1. The van der Waals surface area contributed by atoms with E-state index in [4.69, 9.17) is 24.1 Å². The zero-order valence-electron chi connectivity index (χ0n) is 21.9. The molecule has 0 aliphatic carbocycles. The van der Waals surface area contributed by atoms with Gasteiger partial charge in [-0.3, -0.25) is 14.8 Å². The van der Waals surface area contributed by atoms with Crippen molar-refractivity contribution in [3.63, 3.8) is 0 Å². The van der Waals surface area contributed by atoms with Gasteiger partial charge in [0.15, 0.2) is 28.9 Å². The molecule has 10 nitrogen and oxygen atoms in total. The minimum absolute atomic E-state index is 0.0613. The first-order chi connectivity index (χ1) is 19.4. The number of aromatic nitrogens is 2. The lowest BCUT2D eigenvalue weighted by Gasteiger charge is -2.15. The first-order valence-electron chi connectivity index (χ1n) is 12.3. The summed E-state index contributed by atoms with van der Waals surface area (Å²) in [7, 11) is 2.87. The molecule has 2 heterocycles. The van der Waals surface area contributed by atoms with Gasteiger partial charge in [-0.1, -0.05) is 0 Å². The summed E-state index contributed by atoms with van der Waals surface area (Å²) in [5.41, 5.74) is 0.444. The van der Waals surface area contributed by atoms with Crippen molar-refractivity contribution in [2.24, 2.45) is 0 Å². The number of ether oxygens (including phenoxy) is 4. The van der Waals surface area contributed by atoms with Gasteiger partial charge in [-0.15, -0.1) is 0 Å². The highest BCUT2D eigenvalue weighted by atomic mass is 19.1. The van der Waals surface area contributed by atoms with Crippen molar-refractivity contribution >= 4 is 22.5 Å². The molecule has 210 valence electrons. The molecule has 40 heavy (non-hydrogen) atoms. The topological polar surface area (TPSA) is 124 Å². The molecule has 4 aromatic rings. The number of amides is 1. The lowest BCUT2D eigenvalue weighted by Crippen LogP contribution is -2.20. The Bertz CT molecular complexity index is 1460. The number of aliphatic hydroxyl groups is 1. The van der Waals surface area contributed by atoms with Gasteiger partial charge >= 0.3 is 0 Å². The molecule has 3 N–H and O–H groups in total. The van der Waals surface area contributed by atoms with Crippen LogP contribution in [-0.4, -0.2) is 61.5 Å². The van der Waals surface area contributed by atoms with Crippen LogP contribution in [0.4, 0.5) is 14.5 Å². The van der Waals surface area contributed by atoms with Gasteiger partial charge in [0, 0.05) is 54.4 Å². The van der Waals surface area contributed by atoms with Crippen LogP contribution in [0.25, 0.3) is 10.9 Å². The molecule has 12 heteroatoms. The average molecular weight is 555 g/mol. The Balaban J connectivity index is 1.53. The zero-order valence-corrected chi connectivity index (χ0v) is 21.9. The van der Waals surface area contributed by atoms with Gasteiger partial charge in [0.25, 0.3) is 5.91 Å². The van der Waals surface area contributed by atoms with Crippen LogP contribution >= 0.6 is 0 Å². The van der Waals surface area contributed by atoms with Gasteiger partial charge in [-0.25, -0.2) is 8.78 Å². The Morgan fingerprint density at radius 1 is 0.950 bits per heavy atom. The van der Waals surface area contributed by atoms with Crippen molar-refractivity contribution in [3.05, 3.63) is 72.2 Å². The number of hydrogen-bond acceptors (Lipinski definition) is 9. The van der Waals surface area contributed by atoms with Gasteiger partial charge in [0.1, 0.15) is 11.5 Å². The van der Waals surface area contributed by atoms with E-state index < -0.39 is 23.3 Å².